The molecule has 2 aromatic rings. The van der Waals surface area contributed by atoms with Crippen molar-refractivity contribution in [1.29, 1.82) is 0 Å². The average Bonchev–Trinajstić information content (AvgIpc) is 2.38. The molecule has 0 N–H and O–H groups in total. The van der Waals surface area contributed by atoms with Gasteiger partial charge in [-0.1, -0.05) is 12.7 Å². The number of rotatable bonds is 3. The van der Waals surface area contributed by atoms with Crippen molar-refractivity contribution in [1.82, 2.24) is 15.0 Å². The second-order valence-electron chi connectivity index (χ2n) is 3.21. The lowest BCUT2D eigenvalue weighted by atomic mass is 10.1. The van der Waals surface area contributed by atoms with Gasteiger partial charge in [-0.05, 0) is 12.8 Å². The zero-order valence-corrected chi connectivity index (χ0v) is 8.97. The molecule has 0 saturated carbocycles. The Morgan fingerprint density at radius 1 is 1.29 bits per heavy atom. The molecule has 0 fully saturated rings. The summed E-state index contributed by atoms with van der Waals surface area (Å²) in [5.74, 6) is -0.519. The number of halogens is 1. The fraction of sp³-hybridized carbons (Fsp3) is 0. The van der Waals surface area contributed by atoms with Crippen LogP contribution in [-0.2, 0) is 0 Å². The highest BCUT2D eigenvalue weighted by Crippen LogP contribution is 2.24. The van der Waals surface area contributed by atoms with Crippen LogP contribution in [0.3, 0.4) is 0 Å². The Morgan fingerprint density at radius 3 is 2.76 bits per heavy atom. The molecule has 0 spiro atoms. The molecule has 0 aliphatic carbocycles. The third kappa shape index (κ3) is 2.08. The molecule has 0 bridgehead atoms. The number of aromatic nitrogens is 3. The van der Waals surface area contributed by atoms with Crippen LogP contribution in [0.1, 0.15) is 5.56 Å². The molecule has 17 heavy (non-hydrogen) atoms. The van der Waals surface area contributed by atoms with Gasteiger partial charge in [0.05, 0.1) is 23.8 Å². The molecule has 0 aliphatic rings. The van der Waals surface area contributed by atoms with Gasteiger partial charge in [0.25, 0.3) is 0 Å². The molecule has 0 radical (unpaired) electrons. The summed E-state index contributed by atoms with van der Waals surface area (Å²) in [5, 5.41) is 0. The van der Waals surface area contributed by atoms with E-state index in [2.05, 4.69) is 33.2 Å². The minimum atomic E-state index is -0.519. The summed E-state index contributed by atoms with van der Waals surface area (Å²) < 4.78 is 13.5. The molecule has 0 saturated heterocycles. The van der Waals surface area contributed by atoms with Gasteiger partial charge in [0, 0.05) is 5.56 Å². The lowest BCUT2D eigenvalue weighted by Crippen LogP contribution is -1.93. The van der Waals surface area contributed by atoms with Crippen LogP contribution in [0, 0.1) is 5.82 Å². The minimum Gasteiger partial charge on any atom is -0.262 e. The van der Waals surface area contributed by atoms with E-state index in [9.17, 15) is 4.39 Å². The summed E-state index contributed by atoms with van der Waals surface area (Å²) in [6.07, 6.45) is 5.47. The maximum absolute atomic E-state index is 13.5. The highest BCUT2D eigenvalue weighted by atomic mass is 19.1. The quantitative estimate of drug-likeness (QED) is 0.759. The summed E-state index contributed by atoms with van der Waals surface area (Å²) in [6, 6.07) is 1.66. The summed E-state index contributed by atoms with van der Waals surface area (Å²) in [4.78, 5) is 15.3. The smallest absolute Gasteiger partial charge is 0.169 e. The first-order chi connectivity index (χ1) is 8.26. The molecule has 0 aromatic carbocycles. The number of hydrogen-bond donors (Lipinski definition) is 0. The fourth-order valence-electron chi connectivity index (χ4n) is 1.39. The van der Waals surface area contributed by atoms with Crippen LogP contribution in [0.4, 0.5) is 10.1 Å². The Balaban J connectivity index is 2.58. The molecular weight excluding hydrogens is 219 g/mol. The van der Waals surface area contributed by atoms with E-state index in [0.717, 1.165) is 11.8 Å². The van der Waals surface area contributed by atoms with E-state index in [1.54, 1.807) is 12.1 Å². The minimum absolute atomic E-state index is 0.152. The van der Waals surface area contributed by atoms with Crippen molar-refractivity contribution >= 4 is 18.5 Å². The third-order valence-corrected chi connectivity index (χ3v) is 2.21. The van der Waals surface area contributed by atoms with Crippen LogP contribution in [0.25, 0.3) is 17.5 Å². The van der Waals surface area contributed by atoms with Crippen molar-refractivity contribution in [3.8, 4) is 11.4 Å². The van der Waals surface area contributed by atoms with Gasteiger partial charge in [0.1, 0.15) is 12.0 Å². The topological polar surface area (TPSA) is 51.0 Å². The van der Waals surface area contributed by atoms with Gasteiger partial charge in [-0.15, -0.1) is 0 Å². The highest BCUT2D eigenvalue weighted by molar-refractivity contribution is 5.69. The maximum atomic E-state index is 13.5. The second-order valence-corrected chi connectivity index (χ2v) is 3.21. The second kappa shape index (κ2) is 4.61. The molecule has 0 atom stereocenters. The number of pyridine rings is 1. The van der Waals surface area contributed by atoms with E-state index >= 15 is 0 Å². The summed E-state index contributed by atoms with van der Waals surface area (Å²) in [5.41, 5.74) is 1.88. The number of nitrogens with zero attached hydrogens (tertiary/aromatic N) is 4. The van der Waals surface area contributed by atoms with Crippen molar-refractivity contribution in [3.63, 3.8) is 0 Å². The molecule has 84 valence electrons. The Morgan fingerprint density at radius 2 is 2.12 bits per heavy atom. The van der Waals surface area contributed by atoms with E-state index in [1.807, 2.05) is 0 Å². The van der Waals surface area contributed by atoms with Crippen LogP contribution < -0.4 is 0 Å². The van der Waals surface area contributed by atoms with Crippen molar-refractivity contribution in [2.24, 2.45) is 4.99 Å². The largest absolute Gasteiger partial charge is 0.262 e. The predicted octanol–water partition coefficient (Wildman–Crippen LogP) is 2.65. The SMILES string of the molecule is C=Cc1cc(-c2ncncc2F)ncc1N=C. The Bertz CT molecular complexity index is 580. The molecule has 0 aliphatic heterocycles. The fourth-order valence-corrected chi connectivity index (χ4v) is 1.39. The lowest BCUT2D eigenvalue weighted by molar-refractivity contribution is 0.617. The summed E-state index contributed by atoms with van der Waals surface area (Å²) in [7, 11) is 0. The molecule has 2 aromatic heterocycles. The zero-order chi connectivity index (χ0) is 12.3. The van der Waals surface area contributed by atoms with E-state index in [4.69, 9.17) is 0 Å². The lowest BCUT2D eigenvalue weighted by Gasteiger charge is -2.04. The molecule has 2 heterocycles. The first-order valence-corrected chi connectivity index (χ1v) is 4.81. The molecule has 2 rings (SSSR count). The van der Waals surface area contributed by atoms with Crippen molar-refractivity contribution < 1.29 is 4.39 Å². The van der Waals surface area contributed by atoms with Crippen molar-refractivity contribution in [2.45, 2.75) is 0 Å². The maximum Gasteiger partial charge on any atom is 0.169 e. The van der Waals surface area contributed by atoms with E-state index in [1.165, 1.54) is 12.5 Å². The van der Waals surface area contributed by atoms with Gasteiger partial charge >= 0.3 is 0 Å². The monoisotopic (exact) mass is 228 g/mol. The highest BCUT2D eigenvalue weighted by Gasteiger charge is 2.09. The van der Waals surface area contributed by atoms with Gasteiger partial charge in [-0.3, -0.25) is 9.98 Å². The van der Waals surface area contributed by atoms with Crippen molar-refractivity contribution in [3.05, 3.63) is 42.7 Å². The van der Waals surface area contributed by atoms with E-state index in [0.29, 0.717) is 11.4 Å². The van der Waals surface area contributed by atoms with E-state index in [-0.39, 0.29) is 5.69 Å². The van der Waals surface area contributed by atoms with Crippen LogP contribution in [0.15, 0.2) is 36.4 Å². The Kier molecular flexibility index (Phi) is 3.00. The van der Waals surface area contributed by atoms with E-state index < -0.39 is 5.82 Å². The van der Waals surface area contributed by atoms with Gasteiger partial charge in [-0.25, -0.2) is 14.4 Å². The molecule has 0 amide bonds. The van der Waals surface area contributed by atoms with Crippen LogP contribution in [0.2, 0.25) is 0 Å². The van der Waals surface area contributed by atoms with Crippen LogP contribution in [0.5, 0.6) is 0 Å². The predicted molar refractivity (Wildman–Crippen MR) is 64.5 cm³/mol. The van der Waals surface area contributed by atoms with Crippen molar-refractivity contribution in [2.75, 3.05) is 0 Å². The molecule has 0 unspecified atom stereocenters. The first-order valence-electron chi connectivity index (χ1n) is 4.81. The number of hydrogen-bond acceptors (Lipinski definition) is 4. The first kappa shape index (κ1) is 11.1. The van der Waals surface area contributed by atoms with Gasteiger partial charge in [-0.2, -0.15) is 0 Å². The molecular formula is C12H9FN4. The molecule has 5 heteroatoms. The Labute approximate surface area is 97.6 Å². The number of aliphatic imine (C=N–C) groups is 1. The normalized spacial score (nSPS) is 9.94. The van der Waals surface area contributed by atoms with Gasteiger partial charge in [0.15, 0.2) is 5.82 Å². The summed E-state index contributed by atoms with van der Waals surface area (Å²) in [6.45, 7) is 7.08. The standard InChI is InChI=1S/C12H9FN4/c1-3-8-4-10(16-6-11(8)14-2)12-9(13)5-15-7-17-12/h3-7H,1-2H2. The third-order valence-electron chi connectivity index (χ3n) is 2.21. The zero-order valence-electron chi connectivity index (χ0n) is 8.97. The van der Waals surface area contributed by atoms with Crippen LogP contribution in [-0.4, -0.2) is 21.7 Å². The van der Waals surface area contributed by atoms with Gasteiger partial charge in [0.2, 0.25) is 0 Å². The van der Waals surface area contributed by atoms with Crippen LogP contribution >= 0.6 is 0 Å². The van der Waals surface area contributed by atoms with Gasteiger partial charge < -0.3 is 0 Å². The molecule has 4 nitrogen and oxygen atoms in total. The average molecular weight is 228 g/mol. The summed E-state index contributed by atoms with van der Waals surface area (Å²) >= 11 is 0. The Hall–Kier alpha value is -2.43.